The zero-order chi connectivity index (χ0) is 12.4. The Morgan fingerprint density at radius 3 is 2.44 bits per heavy atom. The Bertz CT molecular complexity index is 440. The molecule has 0 radical (unpaired) electrons. The zero-order valence-electron chi connectivity index (χ0n) is 10.9. The van der Waals surface area contributed by atoms with Crippen LogP contribution in [0.2, 0.25) is 0 Å². The van der Waals surface area contributed by atoms with Crippen LogP contribution in [0.3, 0.4) is 0 Å². The van der Waals surface area contributed by atoms with Crippen molar-refractivity contribution >= 4 is 0 Å². The summed E-state index contributed by atoms with van der Waals surface area (Å²) in [6.45, 7) is 0. The molecule has 18 heavy (non-hydrogen) atoms. The molecule has 2 aliphatic carbocycles. The molecule has 1 heteroatoms. The zero-order valence-corrected chi connectivity index (χ0v) is 10.9. The second kappa shape index (κ2) is 5.14. The Kier molecular flexibility index (Phi) is 3.37. The van der Waals surface area contributed by atoms with Gasteiger partial charge in [-0.2, -0.15) is 5.26 Å². The smallest absolute Gasteiger partial charge is 0.0991 e. The van der Waals surface area contributed by atoms with Crippen molar-refractivity contribution in [3.8, 4) is 6.07 Å². The molecule has 0 heterocycles. The monoisotopic (exact) mass is 239 g/mol. The Labute approximate surface area is 110 Å². The van der Waals surface area contributed by atoms with E-state index in [-0.39, 0.29) is 0 Å². The third-order valence-electron chi connectivity index (χ3n) is 5.05. The molecule has 2 aliphatic rings. The topological polar surface area (TPSA) is 23.8 Å². The van der Waals surface area contributed by atoms with Gasteiger partial charge in [-0.15, -0.1) is 0 Å². The van der Waals surface area contributed by atoms with Crippen LogP contribution >= 0.6 is 0 Å². The van der Waals surface area contributed by atoms with Gasteiger partial charge in [-0.3, -0.25) is 0 Å². The highest BCUT2D eigenvalue weighted by atomic mass is 14.4. The number of hydrogen-bond donors (Lipinski definition) is 0. The standard InChI is InChI=1S/C17H21N/c18-12-13-6-8-15(9-7-13)17-11-10-14-4-2-1-3-5-16(14)17/h6-9,14,16-17H,1-5,10-11H2. The van der Waals surface area contributed by atoms with Crippen molar-refractivity contribution in [2.75, 3.05) is 0 Å². The van der Waals surface area contributed by atoms with Gasteiger partial charge < -0.3 is 0 Å². The van der Waals surface area contributed by atoms with Gasteiger partial charge in [0.05, 0.1) is 11.6 Å². The Morgan fingerprint density at radius 1 is 0.889 bits per heavy atom. The van der Waals surface area contributed by atoms with Gasteiger partial charge in [0.2, 0.25) is 0 Å². The van der Waals surface area contributed by atoms with Crippen LogP contribution in [0.25, 0.3) is 0 Å². The van der Waals surface area contributed by atoms with E-state index in [2.05, 4.69) is 18.2 Å². The molecule has 2 fully saturated rings. The summed E-state index contributed by atoms with van der Waals surface area (Å²) in [5.74, 6) is 2.66. The lowest BCUT2D eigenvalue weighted by Gasteiger charge is -2.23. The maximum Gasteiger partial charge on any atom is 0.0991 e. The molecular weight excluding hydrogens is 218 g/mol. The fourth-order valence-corrected chi connectivity index (χ4v) is 4.13. The van der Waals surface area contributed by atoms with Gasteiger partial charge in [0.1, 0.15) is 0 Å². The first kappa shape index (κ1) is 11.8. The molecule has 3 unspecified atom stereocenters. The summed E-state index contributed by atoms with van der Waals surface area (Å²) >= 11 is 0. The van der Waals surface area contributed by atoms with Crippen LogP contribution < -0.4 is 0 Å². The average Bonchev–Trinajstić information content (AvgIpc) is 2.68. The third-order valence-corrected chi connectivity index (χ3v) is 5.05. The summed E-state index contributed by atoms with van der Waals surface area (Å²) in [6, 6.07) is 10.6. The van der Waals surface area contributed by atoms with Gasteiger partial charge in [0.15, 0.2) is 0 Å². The number of fused-ring (bicyclic) bond motifs is 1. The first-order chi connectivity index (χ1) is 8.88. The third kappa shape index (κ3) is 2.17. The van der Waals surface area contributed by atoms with Crippen molar-refractivity contribution in [2.45, 2.75) is 50.9 Å². The Morgan fingerprint density at radius 2 is 1.67 bits per heavy atom. The molecule has 94 valence electrons. The number of benzene rings is 1. The molecule has 1 aromatic carbocycles. The molecule has 0 amide bonds. The summed E-state index contributed by atoms with van der Waals surface area (Å²) in [5, 5.41) is 8.87. The summed E-state index contributed by atoms with van der Waals surface area (Å²) in [4.78, 5) is 0. The molecule has 0 aromatic heterocycles. The first-order valence-electron chi connectivity index (χ1n) is 7.38. The highest BCUT2D eigenvalue weighted by Gasteiger charge is 2.36. The van der Waals surface area contributed by atoms with E-state index >= 15 is 0 Å². The average molecular weight is 239 g/mol. The van der Waals surface area contributed by atoms with Crippen LogP contribution in [0, 0.1) is 23.2 Å². The van der Waals surface area contributed by atoms with Crippen molar-refractivity contribution in [3.63, 3.8) is 0 Å². The van der Waals surface area contributed by atoms with Gasteiger partial charge in [0, 0.05) is 0 Å². The maximum absolute atomic E-state index is 8.87. The van der Waals surface area contributed by atoms with Crippen LogP contribution in [0.15, 0.2) is 24.3 Å². The van der Waals surface area contributed by atoms with Crippen LogP contribution in [0.5, 0.6) is 0 Å². The van der Waals surface area contributed by atoms with E-state index in [0.29, 0.717) is 0 Å². The van der Waals surface area contributed by atoms with Gasteiger partial charge in [-0.25, -0.2) is 0 Å². The van der Waals surface area contributed by atoms with Crippen molar-refractivity contribution in [1.82, 2.24) is 0 Å². The number of rotatable bonds is 1. The molecule has 3 rings (SSSR count). The largest absolute Gasteiger partial charge is 0.192 e. The predicted octanol–water partition coefficient (Wildman–Crippen LogP) is 4.63. The molecule has 1 aromatic rings. The first-order valence-corrected chi connectivity index (χ1v) is 7.38. The van der Waals surface area contributed by atoms with Gasteiger partial charge in [0.25, 0.3) is 0 Å². The number of nitriles is 1. The predicted molar refractivity (Wildman–Crippen MR) is 73.2 cm³/mol. The minimum atomic E-state index is 0.765. The van der Waals surface area contributed by atoms with Crippen molar-refractivity contribution < 1.29 is 0 Å². The lowest BCUT2D eigenvalue weighted by atomic mass is 9.82. The molecule has 0 N–H and O–H groups in total. The molecule has 0 bridgehead atoms. The van der Waals surface area contributed by atoms with E-state index < -0.39 is 0 Å². The summed E-state index contributed by atoms with van der Waals surface area (Å²) in [5.41, 5.74) is 2.26. The number of hydrogen-bond acceptors (Lipinski definition) is 1. The maximum atomic E-state index is 8.87. The molecule has 0 saturated heterocycles. The fourth-order valence-electron chi connectivity index (χ4n) is 4.13. The van der Waals surface area contributed by atoms with E-state index in [1.165, 1.54) is 50.5 Å². The summed E-state index contributed by atoms with van der Waals surface area (Å²) in [7, 11) is 0. The molecule has 1 nitrogen and oxygen atoms in total. The second-order valence-corrected chi connectivity index (χ2v) is 5.98. The van der Waals surface area contributed by atoms with Crippen LogP contribution in [-0.2, 0) is 0 Å². The minimum Gasteiger partial charge on any atom is -0.192 e. The summed E-state index contributed by atoms with van der Waals surface area (Å²) in [6.07, 6.45) is 9.98. The van der Waals surface area contributed by atoms with E-state index in [9.17, 15) is 0 Å². The van der Waals surface area contributed by atoms with E-state index in [1.54, 1.807) is 0 Å². The highest BCUT2D eigenvalue weighted by molar-refractivity contribution is 5.33. The SMILES string of the molecule is N#Cc1ccc(C2CCC3CCCCCC32)cc1. The Hall–Kier alpha value is -1.29. The van der Waals surface area contributed by atoms with Gasteiger partial charge in [-0.1, -0.05) is 37.8 Å². The second-order valence-electron chi connectivity index (χ2n) is 5.98. The van der Waals surface area contributed by atoms with Gasteiger partial charge >= 0.3 is 0 Å². The molecular formula is C17H21N. The van der Waals surface area contributed by atoms with Crippen molar-refractivity contribution in [1.29, 1.82) is 5.26 Å². The lowest BCUT2D eigenvalue weighted by Crippen LogP contribution is -2.12. The highest BCUT2D eigenvalue weighted by Crippen LogP contribution is 2.49. The minimum absolute atomic E-state index is 0.765. The quantitative estimate of drug-likeness (QED) is 0.700. The van der Waals surface area contributed by atoms with E-state index in [1.807, 2.05) is 12.1 Å². The van der Waals surface area contributed by atoms with Crippen LogP contribution in [0.1, 0.15) is 62.0 Å². The number of nitrogens with zero attached hydrogens (tertiary/aromatic N) is 1. The van der Waals surface area contributed by atoms with Crippen LogP contribution in [0.4, 0.5) is 0 Å². The van der Waals surface area contributed by atoms with E-state index in [4.69, 9.17) is 5.26 Å². The molecule has 0 aliphatic heterocycles. The van der Waals surface area contributed by atoms with Crippen molar-refractivity contribution in [3.05, 3.63) is 35.4 Å². The lowest BCUT2D eigenvalue weighted by molar-refractivity contribution is 0.342. The summed E-state index contributed by atoms with van der Waals surface area (Å²) < 4.78 is 0. The Balaban J connectivity index is 1.81. The molecule has 0 spiro atoms. The van der Waals surface area contributed by atoms with E-state index in [0.717, 1.165) is 23.3 Å². The normalized spacial score (nSPS) is 31.4. The fraction of sp³-hybridized carbons (Fsp3) is 0.588. The van der Waals surface area contributed by atoms with Crippen molar-refractivity contribution in [2.24, 2.45) is 11.8 Å². The van der Waals surface area contributed by atoms with Crippen LogP contribution in [-0.4, -0.2) is 0 Å². The molecule has 2 saturated carbocycles. The molecule has 3 atom stereocenters. The van der Waals surface area contributed by atoms with Gasteiger partial charge in [-0.05, 0) is 54.7 Å².